The second-order valence-electron chi connectivity index (χ2n) is 9.72. The molecule has 0 radical (unpaired) electrons. The average Bonchev–Trinajstić information content (AvgIpc) is 2.78. The highest BCUT2D eigenvalue weighted by Crippen LogP contribution is 2.32. The van der Waals surface area contributed by atoms with Gasteiger partial charge in [-0.1, -0.05) is 6.92 Å². The molecule has 1 aliphatic heterocycles. The first kappa shape index (κ1) is 23.9. The fraction of sp³-hybridized carbons (Fsp3) is 0.957. The van der Waals surface area contributed by atoms with Crippen molar-refractivity contribution in [3.63, 3.8) is 0 Å². The highest BCUT2D eigenvalue weighted by molar-refractivity contribution is 5.69. The summed E-state index contributed by atoms with van der Waals surface area (Å²) in [6.07, 6.45) is 11.8. The maximum absolute atomic E-state index is 10.9. The van der Waals surface area contributed by atoms with Crippen molar-refractivity contribution in [1.29, 1.82) is 0 Å². The Hall–Kier alpha value is -0.730. The monoisotopic (exact) mass is 424 g/mol. The molecule has 1 saturated heterocycles. The third-order valence-electron chi connectivity index (χ3n) is 7.80. The molecule has 4 N–H and O–H groups in total. The minimum absolute atomic E-state index is 0.168. The van der Waals surface area contributed by atoms with Gasteiger partial charge in [-0.25, -0.2) is 0 Å². The largest absolute Gasteiger partial charge is 0.480 e. The van der Waals surface area contributed by atoms with Crippen molar-refractivity contribution in [2.24, 2.45) is 17.8 Å². The predicted molar refractivity (Wildman–Crippen MR) is 119 cm³/mol. The van der Waals surface area contributed by atoms with Crippen molar-refractivity contribution in [1.82, 2.24) is 20.9 Å². The van der Waals surface area contributed by atoms with Crippen molar-refractivity contribution in [3.8, 4) is 0 Å². The van der Waals surface area contributed by atoms with Gasteiger partial charge in [-0.05, 0) is 88.6 Å². The fourth-order valence-electron chi connectivity index (χ4n) is 5.69. The molecule has 0 unspecified atom stereocenters. The quantitative estimate of drug-likeness (QED) is 0.428. The van der Waals surface area contributed by atoms with Crippen LogP contribution in [-0.4, -0.2) is 74.2 Å². The number of methoxy groups -OCH3 is 1. The summed E-state index contributed by atoms with van der Waals surface area (Å²) in [5.41, 5.74) is 0. The lowest BCUT2D eigenvalue weighted by Gasteiger charge is -2.40. The van der Waals surface area contributed by atoms with E-state index in [1.807, 2.05) is 18.9 Å². The summed E-state index contributed by atoms with van der Waals surface area (Å²) in [7, 11) is 1.85. The van der Waals surface area contributed by atoms with Crippen LogP contribution in [0.3, 0.4) is 0 Å². The lowest BCUT2D eigenvalue weighted by molar-refractivity contribution is -0.138. The molecule has 0 amide bonds. The van der Waals surface area contributed by atoms with Gasteiger partial charge in [-0.2, -0.15) is 0 Å². The van der Waals surface area contributed by atoms with Gasteiger partial charge in [0.15, 0.2) is 0 Å². The van der Waals surface area contributed by atoms with Crippen LogP contribution in [0.4, 0.5) is 0 Å². The zero-order valence-electron chi connectivity index (χ0n) is 19.1. The fourth-order valence-corrected chi connectivity index (χ4v) is 5.69. The third-order valence-corrected chi connectivity index (χ3v) is 7.80. The van der Waals surface area contributed by atoms with Gasteiger partial charge in [0.05, 0.1) is 12.6 Å². The van der Waals surface area contributed by atoms with Crippen LogP contribution < -0.4 is 16.0 Å². The van der Waals surface area contributed by atoms with Gasteiger partial charge in [0.2, 0.25) is 0 Å². The molecule has 2 aliphatic carbocycles. The van der Waals surface area contributed by atoms with E-state index < -0.39 is 5.97 Å². The topological polar surface area (TPSA) is 85.9 Å². The van der Waals surface area contributed by atoms with Gasteiger partial charge in [-0.15, -0.1) is 0 Å². The second-order valence-corrected chi connectivity index (χ2v) is 9.72. The minimum atomic E-state index is -0.720. The van der Waals surface area contributed by atoms with E-state index in [4.69, 9.17) is 9.84 Å². The number of ether oxygens (including phenoxy) is 1. The molecule has 7 heteroatoms. The number of rotatable bonds is 10. The average molecular weight is 425 g/mol. The molecule has 30 heavy (non-hydrogen) atoms. The smallest absolute Gasteiger partial charge is 0.317 e. The number of likely N-dealkylation sites (N-methyl/N-ethyl adjacent to an activating group) is 1. The third kappa shape index (κ3) is 7.45. The lowest BCUT2D eigenvalue weighted by atomic mass is 9.78. The van der Waals surface area contributed by atoms with Crippen molar-refractivity contribution in [3.05, 3.63) is 0 Å². The first-order valence-corrected chi connectivity index (χ1v) is 12.3. The van der Waals surface area contributed by atoms with Crippen LogP contribution in [0.2, 0.25) is 0 Å². The van der Waals surface area contributed by atoms with Gasteiger partial charge < -0.3 is 9.84 Å². The molecule has 0 aromatic carbocycles. The number of carbonyl (C=O) groups is 1. The van der Waals surface area contributed by atoms with E-state index in [0.717, 1.165) is 50.4 Å². The van der Waals surface area contributed by atoms with Crippen LogP contribution in [0.25, 0.3) is 0 Å². The van der Waals surface area contributed by atoms with Crippen molar-refractivity contribution in [2.45, 2.75) is 83.1 Å². The summed E-state index contributed by atoms with van der Waals surface area (Å²) < 4.78 is 5.52. The SMILES string of the molecule is CCN(CCC1CCC(NC2NCC(C3CCC(OC)CC3)CN2)CC1)CC(=O)O. The molecule has 0 aromatic rings. The van der Waals surface area contributed by atoms with Crippen LogP contribution in [-0.2, 0) is 9.53 Å². The highest BCUT2D eigenvalue weighted by Gasteiger charge is 2.31. The van der Waals surface area contributed by atoms with Gasteiger partial charge in [0.1, 0.15) is 6.29 Å². The van der Waals surface area contributed by atoms with Crippen LogP contribution in [0.5, 0.6) is 0 Å². The lowest BCUT2D eigenvalue weighted by Crippen LogP contribution is -2.63. The maximum atomic E-state index is 10.9. The number of nitrogens with zero attached hydrogens (tertiary/aromatic N) is 1. The molecule has 3 fully saturated rings. The van der Waals surface area contributed by atoms with E-state index in [9.17, 15) is 4.79 Å². The Kier molecular flexibility index (Phi) is 9.84. The standard InChI is InChI=1S/C23H44N4O3/c1-3-27(16-22(28)29)13-12-17-4-8-20(9-5-17)26-23-24-14-19(15-25-23)18-6-10-21(30-2)11-7-18/h17-21,23-26H,3-16H2,1-2H3,(H,28,29). The predicted octanol–water partition coefficient (Wildman–Crippen LogP) is 2.23. The van der Waals surface area contributed by atoms with Crippen molar-refractivity contribution < 1.29 is 14.6 Å². The van der Waals surface area contributed by atoms with Crippen LogP contribution in [0, 0.1) is 17.8 Å². The molecule has 0 bridgehead atoms. The molecule has 1 heterocycles. The van der Waals surface area contributed by atoms with Crippen LogP contribution in [0.15, 0.2) is 0 Å². The number of carboxylic acid groups (broad SMARTS) is 1. The molecule has 3 aliphatic rings. The molecular weight excluding hydrogens is 380 g/mol. The van der Waals surface area contributed by atoms with E-state index in [2.05, 4.69) is 16.0 Å². The number of hydrogen-bond acceptors (Lipinski definition) is 6. The molecule has 3 rings (SSSR count). The summed E-state index contributed by atoms with van der Waals surface area (Å²) in [5, 5.41) is 20.2. The Balaban J connectivity index is 1.28. The van der Waals surface area contributed by atoms with Crippen molar-refractivity contribution in [2.75, 3.05) is 39.8 Å². The Morgan fingerprint density at radius 3 is 2.27 bits per heavy atom. The number of carboxylic acids is 1. The Morgan fingerprint density at radius 2 is 1.70 bits per heavy atom. The molecule has 0 aromatic heterocycles. The number of hydrogen-bond donors (Lipinski definition) is 4. The molecule has 2 saturated carbocycles. The Morgan fingerprint density at radius 1 is 1.03 bits per heavy atom. The van der Waals surface area contributed by atoms with Gasteiger partial charge in [-0.3, -0.25) is 25.6 Å². The van der Waals surface area contributed by atoms with Crippen molar-refractivity contribution >= 4 is 5.97 Å². The zero-order chi connectivity index (χ0) is 21.3. The molecule has 174 valence electrons. The Bertz CT molecular complexity index is 497. The highest BCUT2D eigenvalue weighted by atomic mass is 16.5. The first-order chi connectivity index (χ1) is 14.6. The van der Waals surface area contributed by atoms with E-state index in [-0.39, 0.29) is 12.8 Å². The normalized spacial score (nSPS) is 35.4. The molecule has 7 nitrogen and oxygen atoms in total. The van der Waals surface area contributed by atoms with E-state index in [1.54, 1.807) is 0 Å². The molecule has 0 atom stereocenters. The summed E-state index contributed by atoms with van der Waals surface area (Å²) in [6.45, 7) is 6.16. The molecular formula is C23H44N4O3. The van der Waals surface area contributed by atoms with Gasteiger partial charge in [0, 0.05) is 26.2 Å². The number of aliphatic carboxylic acids is 1. The van der Waals surface area contributed by atoms with Gasteiger partial charge >= 0.3 is 5.97 Å². The minimum Gasteiger partial charge on any atom is -0.480 e. The maximum Gasteiger partial charge on any atom is 0.317 e. The summed E-state index contributed by atoms with van der Waals surface area (Å²) in [5.74, 6) is 1.59. The van der Waals surface area contributed by atoms with E-state index in [1.165, 1.54) is 51.4 Å². The summed E-state index contributed by atoms with van der Waals surface area (Å²) in [4.78, 5) is 13.0. The van der Waals surface area contributed by atoms with E-state index in [0.29, 0.717) is 12.1 Å². The van der Waals surface area contributed by atoms with E-state index >= 15 is 0 Å². The van der Waals surface area contributed by atoms with Gasteiger partial charge in [0.25, 0.3) is 0 Å². The summed E-state index contributed by atoms with van der Waals surface area (Å²) >= 11 is 0. The molecule has 0 spiro atoms. The zero-order valence-corrected chi connectivity index (χ0v) is 19.1. The van der Waals surface area contributed by atoms with Crippen LogP contribution >= 0.6 is 0 Å². The number of nitrogens with one attached hydrogen (secondary N) is 3. The first-order valence-electron chi connectivity index (χ1n) is 12.3. The summed E-state index contributed by atoms with van der Waals surface area (Å²) in [6, 6.07) is 0.584. The van der Waals surface area contributed by atoms with Crippen LogP contribution in [0.1, 0.15) is 64.7 Å². The Labute approximate surface area is 182 Å². The second kappa shape index (κ2) is 12.3.